The van der Waals surface area contributed by atoms with Crippen LogP contribution >= 0.6 is 11.3 Å². The molecule has 2 aromatic carbocycles. The monoisotopic (exact) mass is 450 g/mol. The molecular weight excluding hydrogens is 429 g/mol. The van der Waals surface area contributed by atoms with Gasteiger partial charge in [-0.25, -0.2) is 4.98 Å². The number of nitrogens with one attached hydrogen (secondary N) is 2. The van der Waals surface area contributed by atoms with Crippen LogP contribution in [0.15, 0.2) is 48.5 Å². The number of para-hydroxylation sites is 2. The van der Waals surface area contributed by atoms with Crippen LogP contribution in [0.25, 0.3) is 10.2 Å². The molecule has 6 nitrogen and oxygen atoms in total. The number of hydrogen-bond acceptors (Lipinski definition) is 5. The van der Waals surface area contributed by atoms with Crippen molar-refractivity contribution in [1.29, 1.82) is 0 Å². The number of nitrogens with zero attached hydrogens (tertiary/aromatic N) is 2. The van der Waals surface area contributed by atoms with E-state index in [0.29, 0.717) is 13.0 Å². The molecule has 0 bridgehead atoms. The van der Waals surface area contributed by atoms with E-state index >= 15 is 0 Å². The second-order valence-corrected chi connectivity index (χ2v) is 8.05. The molecule has 0 fully saturated rings. The number of likely N-dealkylation sites (N-methyl/N-ethyl adjacent to an activating group) is 1. The Morgan fingerprint density at radius 3 is 2.45 bits per heavy atom. The summed E-state index contributed by atoms with van der Waals surface area (Å²) in [5.74, 6) is -0.923. The number of carbonyl (C=O) groups excluding carboxylic acids is 2. The summed E-state index contributed by atoms with van der Waals surface area (Å²) in [7, 11) is 1.54. The molecule has 1 heterocycles. The molecule has 0 spiro atoms. The van der Waals surface area contributed by atoms with Crippen molar-refractivity contribution in [2.24, 2.45) is 0 Å². The van der Waals surface area contributed by atoms with E-state index in [4.69, 9.17) is 0 Å². The van der Waals surface area contributed by atoms with Gasteiger partial charge in [0.15, 0.2) is 0 Å². The highest BCUT2D eigenvalue weighted by atomic mass is 32.1. The van der Waals surface area contributed by atoms with E-state index in [2.05, 4.69) is 15.6 Å². The third-order valence-corrected chi connectivity index (χ3v) is 5.43. The summed E-state index contributed by atoms with van der Waals surface area (Å²) >= 11 is 1.57. The number of carbonyl (C=O) groups is 2. The summed E-state index contributed by atoms with van der Waals surface area (Å²) in [5, 5.41) is 5.94. The van der Waals surface area contributed by atoms with Crippen LogP contribution in [0.4, 0.5) is 18.9 Å². The van der Waals surface area contributed by atoms with E-state index in [-0.39, 0.29) is 24.7 Å². The van der Waals surface area contributed by atoms with Gasteiger partial charge < -0.3 is 10.6 Å². The van der Waals surface area contributed by atoms with Gasteiger partial charge in [-0.15, -0.1) is 11.3 Å². The number of alkyl halides is 3. The molecule has 2 N–H and O–H groups in total. The summed E-state index contributed by atoms with van der Waals surface area (Å²) < 4.78 is 40.1. The lowest BCUT2D eigenvalue weighted by molar-refractivity contribution is -0.137. The Kier molecular flexibility index (Phi) is 7.24. The first-order chi connectivity index (χ1) is 14.7. The molecule has 0 aliphatic carbocycles. The van der Waals surface area contributed by atoms with Gasteiger partial charge >= 0.3 is 6.18 Å². The number of aromatic nitrogens is 1. The van der Waals surface area contributed by atoms with E-state index in [1.54, 1.807) is 18.4 Å². The molecule has 0 unspecified atom stereocenters. The van der Waals surface area contributed by atoms with Crippen LogP contribution in [0.1, 0.15) is 10.6 Å². The van der Waals surface area contributed by atoms with Gasteiger partial charge in [-0.3, -0.25) is 14.5 Å². The van der Waals surface area contributed by atoms with Gasteiger partial charge in [-0.05, 0) is 31.3 Å². The first kappa shape index (κ1) is 22.7. The Morgan fingerprint density at radius 2 is 1.71 bits per heavy atom. The highest BCUT2D eigenvalue weighted by molar-refractivity contribution is 7.18. The Balaban J connectivity index is 1.43. The minimum atomic E-state index is -4.57. The molecule has 31 heavy (non-hydrogen) atoms. The van der Waals surface area contributed by atoms with E-state index < -0.39 is 17.6 Å². The quantitative estimate of drug-likeness (QED) is 0.551. The van der Waals surface area contributed by atoms with Gasteiger partial charge in [0.2, 0.25) is 11.8 Å². The van der Waals surface area contributed by atoms with E-state index in [1.165, 1.54) is 23.1 Å². The molecule has 3 aromatic rings. The van der Waals surface area contributed by atoms with Gasteiger partial charge in [0, 0.05) is 13.0 Å². The van der Waals surface area contributed by atoms with Crippen LogP contribution in [-0.4, -0.2) is 48.4 Å². The fourth-order valence-corrected chi connectivity index (χ4v) is 3.93. The largest absolute Gasteiger partial charge is 0.418 e. The highest BCUT2D eigenvalue weighted by Gasteiger charge is 2.33. The number of benzene rings is 2. The number of fused-ring (bicyclic) bond motifs is 1. The summed E-state index contributed by atoms with van der Waals surface area (Å²) in [4.78, 5) is 30.1. The molecule has 0 saturated heterocycles. The third-order valence-electron chi connectivity index (χ3n) is 4.33. The maximum absolute atomic E-state index is 13.0. The van der Waals surface area contributed by atoms with Gasteiger partial charge in [-0.1, -0.05) is 24.3 Å². The van der Waals surface area contributed by atoms with Crippen LogP contribution in [0.3, 0.4) is 0 Å². The van der Waals surface area contributed by atoms with Crippen LogP contribution in [0, 0.1) is 0 Å². The molecule has 0 atom stereocenters. The Labute approximate surface area is 181 Å². The SMILES string of the molecule is CN(CC(=O)NCCc1nc2ccccc2s1)CC(=O)Nc1ccccc1C(F)(F)F. The normalized spacial score (nSPS) is 11.6. The van der Waals surface area contributed by atoms with E-state index in [9.17, 15) is 22.8 Å². The van der Waals surface area contributed by atoms with Crippen molar-refractivity contribution in [3.63, 3.8) is 0 Å². The lowest BCUT2D eigenvalue weighted by Gasteiger charge is -2.17. The molecule has 10 heteroatoms. The highest BCUT2D eigenvalue weighted by Crippen LogP contribution is 2.34. The molecule has 164 valence electrons. The molecule has 3 rings (SSSR count). The molecule has 0 aliphatic heterocycles. The number of anilines is 1. The van der Waals surface area contributed by atoms with Crippen molar-refractivity contribution in [1.82, 2.24) is 15.2 Å². The van der Waals surface area contributed by atoms with Crippen molar-refractivity contribution in [3.8, 4) is 0 Å². The maximum Gasteiger partial charge on any atom is 0.418 e. The predicted octanol–water partition coefficient (Wildman–Crippen LogP) is 3.54. The van der Waals surface area contributed by atoms with Gasteiger partial charge in [-0.2, -0.15) is 13.2 Å². The zero-order valence-electron chi connectivity index (χ0n) is 16.7. The number of thiazole rings is 1. The summed E-state index contributed by atoms with van der Waals surface area (Å²) in [6.45, 7) is 0.114. The lowest BCUT2D eigenvalue weighted by Crippen LogP contribution is -2.39. The molecule has 0 saturated carbocycles. The van der Waals surface area contributed by atoms with E-state index in [0.717, 1.165) is 21.3 Å². The molecule has 0 radical (unpaired) electrons. The Hall–Kier alpha value is -2.98. The predicted molar refractivity (Wildman–Crippen MR) is 114 cm³/mol. The Morgan fingerprint density at radius 1 is 1.03 bits per heavy atom. The summed E-state index contributed by atoms with van der Waals surface area (Å²) in [6.07, 6.45) is -3.98. The zero-order chi connectivity index (χ0) is 22.4. The van der Waals surface area contributed by atoms with E-state index in [1.807, 2.05) is 24.3 Å². The second-order valence-electron chi connectivity index (χ2n) is 6.94. The minimum absolute atomic E-state index is 0.0613. The van der Waals surface area contributed by atoms with Crippen LogP contribution < -0.4 is 10.6 Å². The lowest BCUT2D eigenvalue weighted by atomic mass is 10.1. The number of amides is 2. The summed E-state index contributed by atoms with van der Waals surface area (Å²) in [5.41, 5.74) is -0.307. The van der Waals surface area contributed by atoms with Gasteiger partial charge in [0.05, 0.1) is 39.6 Å². The minimum Gasteiger partial charge on any atom is -0.355 e. The topological polar surface area (TPSA) is 74.3 Å². The van der Waals surface area contributed by atoms with Crippen molar-refractivity contribution < 1.29 is 22.8 Å². The molecular formula is C21H21F3N4O2S. The Bertz CT molecular complexity index is 1030. The van der Waals surface area contributed by atoms with Crippen molar-refractivity contribution in [2.45, 2.75) is 12.6 Å². The average molecular weight is 450 g/mol. The molecule has 2 amide bonds. The first-order valence-electron chi connectivity index (χ1n) is 9.48. The second kappa shape index (κ2) is 9.88. The average Bonchev–Trinajstić information content (AvgIpc) is 3.10. The number of hydrogen-bond donors (Lipinski definition) is 2. The first-order valence-corrected chi connectivity index (χ1v) is 10.3. The zero-order valence-corrected chi connectivity index (χ0v) is 17.5. The van der Waals surface area contributed by atoms with Gasteiger partial charge in [0.1, 0.15) is 0 Å². The van der Waals surface area contributed by atoms with Crippen LogP contribution in [0.5, 0.6) is 0 Å². The fraction of sp³-hybridized carbons (Fsp3) is 0.286. The third kappa shape index (κ3) is 6.50. The van der Waals surface area contributed by atoms with Crippen LogP contribution in [-0.2, 0) is 22.2 Å². The fourth-order valence-electron chi connectivity index (χ4n) is 2.97. The number of halogens is 3. The molecule has 0 aliphatic rings. The van der Waals surface area contributed by atoms with Crippen molar-refractivity contribution >= 4 is 39.1 Å². The van der Waals surface area contributed by atoms with Crippen molar-refractivity contribution in [2.75, 3.05) is 32.0 Å². The maximum atomic E-state index is 13.0. The summed E-state index contributed by atoms with van der Waals surface area (Å²) in [6, 6.07) is 12.5. The number of rotatable bonds is 8. The molecule has 1 aromatic heterocycles. The standard InChI is InChI=1S/C21H21F3N4O2S/c1-28(13-19(30)26-15-7-3-2-6-14(15)21(22,23)24)12-18(29)25-11-10-20-27-16-8-4-5-9-17(16)31-20/h2-9H,10-13H2,1H3,(H,25,29)(H,26,30). The van der Waals surface area contributed by atoms with Crippen molar-refractivity contribution in [3.05, 3.63) is 59.1 Å². The van der Waals surface area contributed by atoms with Gasteiger partial charge in [0.25, 0.3) is 0 Å². The smallest absolute Gasteiger partial charge is 0.355 e. The van der Waals surface area contributed by atoms with Crippen LogP contribution in [0.2, 0.25) is 0 Å².